The van der Waals surface area contributed by atoms with Crippen LogP contribution >= 0.6 is 0 Å². The minimum atomic E-state index is -3.56. The highest BCUT2D eigenvalue weighted by Gasteiger charge is 2.18. The molecule has 7 heteroatoms. The molecule has 2 aromatic rings. The van der Waals surface area contributed by atoms with E-state index >= 15 is 0 Å². The van der Waals surface area contributed by atoms with Gasteiger partial charge in [0, 0.05) is 25.0 Å². The highest BCUT2D eigenvalue weighted by atomic mass is 32.2. The summed E-state index contributed by atoms with van der Waals surface area (Å²) in [5, 5.41) is 0. The van der Waals surface area contributed by atoms with Crippen LogP contribution in [0.1, 0.15) is 24.1 Å². The van der Waals surface area contributed by atoms with E-state index in [1.54, 1.807) is 24.4 Å². The predicted octanol–water partition coefficient (Wildman–Crippen LogP) is 1.35. The van der Waals surface area contributed by atoms with Gasteiger partial charge in [-0.15, -0.1) is 0 Å². The molecule has 110 valence electrons. The number of hydrogen-bond donors (Lipinski definition) is 2. The van der Waals surface area contributed by atoms with Gasteiger partial charge < -0.3 is 14.7 Å². The molecule has 2 heterocycles. The summed E-state index contributed by atoms with van der Waals surface area (Å²) in [6.45, 7) is 4.87. The summed E-state index contributed by atoms with van der Waals surface area (Å²) < 4.78 is 34.1. The quantitative estimate of drug-likeness (QED) is 0.842. The van der Waals surface area contributed by atoms with Gasteiger partial charge in [-0.1, -0.05) is 0 Å². The van der Waals surface area contributed by atoms with Gasteiger partial charge in [0.05, 0.1) is 11.4 Å². The van der Waals surface area contributed by atoms with E-state index < -0.39 is 10.0 Å². The zero-order chi connectivity index (χ0) is 14.8. The van der Waals surface area contributed by atoms with Crippen LogP contribution in [0.5, 0.6) is 0 Å². The SMILES string of the molecule is CCn1cc(S(=O)(=O)NCc2ccc(C)o2)cc1CN. The molecule has 6 nitrogen and oxygen atoms in total. The Labute approximate surface area is 118 Å². The monoisotopic (exact) mass is 297 g/mol. The van der Waals surface area contributed by atoms with Crippen molar-refractivity contribution >= 4 is 10.0 Å². The first-order valence-corrected chi connectivity index (χ1v) is 7.88. The molecule has 0 atom stereocenters. The summed E-state index contributed by atoms with van der Waals surface area (Å²) in [6.07, 6.45) is 1.60. The lowest BCUT2D eigenvalue weighted by Crippen LogP contribution is -2.22. The fraction of sp³-hybridized carbons (Fsp3) is 0.385. The van der Waals surface area contributed by atoms with E-state index in [2.05, 4.69) is 4.72 Å². The third-order valence-electron chi connectivity index (χ3n) is 3.05. The maximum Gasteiger partial charge on any atom is 0.242 e. The second kappa shape index (κ2) is 5.82. The van der Waals surface area contributed by atoms with E-state index in [1.807, 2.05) is 18.4 Å². The topological polar surface area (TPSA) is 90.3 Å². The standard InChI is InChI=1S/C13H19N3O3S/c1-3-16-9-13(6-11(16)7-14)20(17,18)15-8-12-5-4-10(2)19-12/h4-6,9,15H,3,7-8,14H2,1-2H3. The van der Waals surface area contributed by atoms with Crippen molar-refractivity contribution in [3.8, 4) is 0 Å². The number of rotatable bonds is 6. The molecule has 0 fully saturated rings. The molecule has 0 radical (unpaired) electrons. The fourth-order valence-electron chi connectivity index (χ4n) is 1.97. The number of nitrogens with two attached hydrogens (primary N) is 1. The first-order chi connectivity index (χ1) is 9.46. The van der Waals surface area contributed by atoms with Gasteiger partial charge in [-0.2, -0.15) is 0 Å². The number of aryl methyl sites for hydroxylation is 2. The second-order valence-corrected chi connectivity index (χ2v) is 6.26. The van der Waals surface area contributed by atoms with Crippen LogP contribution in [0.2, 0.25) is 0 Å². The average molecular weight is 297 g/mol. The first kappa shape index (κ1) is 14.8. The molecule has 20 heavy (non-hydrogen) atoms. The minimum absolute atomic E-state index is 0.130. The lowest BCUT2D eigenvalue weighted by Gasteiger charge is -2.03. The number of aromatic nitrogens is 1. The molecule has 2 aromatic heterocycles. The van der Waals surface area contributed by atoms with Gasteiger partial charge in [0.1, 0.15) is 11.5 Å². The normalized spacial score (nSPS) is 11.9. The van der Waals surface area contributed by atoms with Crippen molar-refractivity contribution in [3.05, 3.63) is 41.6 Å². The third-order valence-corrected chi connectivity index (χ3v) is 4.42. The first-order valence-electron chi connectivity index (χ1n) is 6.40. The van der Waals surface area contributed by atoms with Gasteiger partial charge in [-0.3, -0.25) is 0 Å². The Kier molecular flexibility index (Phi) is 4.32. The maximum atomic E-state index is 12.2. The Morgan fingerprint density at radius 2 is 2.15 bits per heavy atom. The van der Waals surface area contributed by atoms with Crippen LogP contribution < -0.4 is 10.5 Å². The van der Waals surface area contributed by atoms with E-state index in [1.165, 1.54) is 0 Å². The molecule has 0 aliphatic heterocycles. The van der Waals surface area contributed by atoms with Crippen LogP contribution in [0.3, 0.4) is 0 Å². The Morgan fingerprint density at radius 3 is 2.65 bits per heavy atom. The molecule has 0 aliphatic carbocycles. The Hall–Kier alpha value is -1.57. The van der Waals surface area contributed by atoms with Crippen molar-refractivity contribution in [2.75, 3.05) is 0 Å². The molecule has 0 amide bonds. The van der Waals surface area contributed by atoms with Crippen molar-refractivity contribution in [1.82, 2.24) is 9.29 Å². The molecule has 0 unspecified atom stereocenters. The Morgan fingerprint density at radius 1 is 1.40 bits per heavy atom. The summed E-state index contributed by atoms with van der Waals surface area (Å²) in [7, 11) is -3.56. The molecular weight excluding hydrogens is 278 g/mol. The van der Waals surface area contributed by atoms with E-state index in [9.17, 15) is 8.42 Å². The summed E-state index contributed by atoms with van der Waals surface area (Å²) in [4.78, 5) is 0.225. The largest absolute Gasteiger partial charge is 0.465 e. The van der Waals surface area contributed by atoms with Crippen molar-refractivity contribution in [2.24, 2.45) is 5.73 Å². The zero-order valence-electron chi connectivity index (χ0n) is 11.6. The predicted molar refractivity (Wildman–Crippen MR) is 75.5 cm³/mol. The zero-order valence-corrected chi connectivity index (χ0v) is 12.4. The molecule has 0 spiro atoms. The smallest absolute Gasteiger partial charge is 0.242 e. The minimum Gasteiger partial charge on any atom is -0.465 e. The average Bonchev–Trinajstić information content (AvgIpc) is 3.02. The van der Waals surface area contributed by atoms with Gasteiger partial charge >= 0.3 is 0 Å². The summed E-state index contributed by atoms with van der Waals surface area (Å²) in [5.74, 6) is 1.33. The van der Waals surface area contributed by atoms with Crippen LogP contribution in [0.4, 0.5) is 0 Å². The van der Waals surface area contributed by atoms with Gasteiger partial charge in [-0.25, -0.2) is 13.1 Å². The van der Waals surface area contributed by atoms with Crippen LogP contribution in [-0.4, -0.2) is 13.0 Å². The van der Waals surface area contributed by atoms with E-state index in [-0.39, 0.29) is 11.4 Å². The number of nitrogens with one attached hydrogen (secondary N) is 1. The van der Waals surface area contributed by atoms with Crippen LogP contribution in [-0.2, 0) is 29.7 Å². The molecule has 0 bridgehead atoms. The highest BCUT2D eigenvalue weighted by Crippen LogP contribution is 2.15. The van der Waals surface area contributed by atoms with E-state index in [0.717, 1.165) is 11.5 Å². The number of nitrogens with zero attached hydrogens (tertiary/aromatic N) is 1. The van der Waals surface area contributed by atoms with Crippen molar-refractivity contribution < 1.29 is 12.8 Å². The lowest BCUT2D eigenvalue weighted by atomic mass is 10.4. The highest BCUT2D eigenvalue weighted by molar-refractivity contribution is 7.89. The summed E-state index contributed by atoms with van der Waals surface area (Å²) >= 11 is 0. The summed E-state index contributed by atoms with van der Waals surface area (Å²) in [5.41, 5.74) is 6.39. The number of sulfonamides is 1. The van der Waals surface area contributed by atoms with Crippen LogP contribution in [0.15, 0.2) is 33.7 Å². The number of furan rings is 1. The number of hydrogen-bond acceptors (Lipinski definition) is 4. The molecule has 0 saturated carbocycles. The van der Waals surface area contributed by atoms with Crippen LogP contribution in [0.25, 0.3) is 0 Å². The fourth-order valence-corrected chi connectivity index (χ4v) is 3.02. The second-order valence-electron chi connectivity index (χ2n) is 4.49. The molecule has 0 aromatic carbocycles. The van der Waals surface area contributed by atoms with Gasteiger partial charge in [-0.05, 0) is 32.0 Å². The van der Waals surface area contributed by atoms with Crippen molar-refractivity contribution in [1.29, 1.82) is 0 Å². The van der Waals surface area contributed by atoms with Crippen LogP contribution in [0, 0.1) is 6.92 Å². The Balaban J connectivity index is 2.15. The van der Waals surface area contributed by atoms with Gasteiger partial charge in [0.15, 0.2) is 0 Å². The maximum absolute atomic E-state index is 12.2. The van der Waals surface area contributed by atoms with Gasteiger partial charge in [0.25, 0.3) is 0 Å². The van der Waals surface area contributed by atoms with E-state index in [0.29, 0.717) is 18.8 Å². The van der Waals surface area contributed by atoms with E-state index in [4.69, 9.17) is 10.2 Å². The molecule has 0 aliphatic rings. The Bertz CT molecular complexity index is 664. The molecule has 2 rings (SSSR count). The van der Waals surface area contributed by atoms with Crippen molar-refractivity contribution in [3.63, 3.8) is 0 Å². The lowest BCUT2D eigenvalue weighted by molar-refractivity contribution is 0.475. The van der Waals surface area contributed by atoms with Gasteiger partial charge in [0.2, 0.25) is 10.0 Å². The third kappa shape index (κ3) is 3.12. The summed E-state index contributed by atoms with van der Waals surface area (Å²) in [6, 6.07) is 5.14. The molecular formula is C13H19N3O3S. The molecule has 0 saturated heterocycles. The molecule has 3 N–H and O–H groups in total. The van der Waals surface area contributed by atoms with Crippen molar-refractivity contribution in [2.45, 2.75) is 38.4 Å².